The number of hydrogen-bond acceptors (Lipinski definition) is 6. The first-order chi connectivity index (χ1) is 15.7. The van der Waals surface area contributed by atoms with E-state index in [9.17, 15) is 14.4 Å². The van der Waals surface area contributed by atoms with Gasteiger partial charge in [0.2, 0.25) is 0 Å². The second-order valence-electron chi connectivity index (χ2n) is 11.1. The highest BCUT2D eigenvalue weighted by Gasteiger charge is 2.61. The van der Waals surface area contributed by atoms with Gasteiger partial charge in [0.1, 0.15) is 12.7 Å². The van der Waals surface area contributed by atoms with Crippen LogP contribution < -0.4 is 0 Å². The fourth-order valence-electron chi connectivity index (χ4n) is 7.82. The third kappa shape index (κ3) is 4.43. The third-order valence-electron chi connectivity index (χ3n) is 9.39. The van der Waals surface area contributed by atoms with Gasteiger partial charge in [0.05, 0.1) is 6.61 Å². The summed E-state index contributed by atoms with van der Waals surface area (Å²) in [4.78, 5) is 36.0. The van der Waals surface area contributed by atoms with E-state index in [0.717, 1.165) is 44.9 Å². The van der Waals surface area contributed by atoms with E-state index in [4.69, 9.17) is 14.6 Å². The van der Waals surface area contributed by atoms with Crippen molar-refractivity contribution in [3.8, 4) is 0 Å². The first kappa shape index (κ1) is 24.2. The number of aliphatic hydroxyl groups is 1. The van der Waals surface area contributed by atoms with Crippen molar-refractivity contribution >= 4 is 17.7 Å². The topological polar surface area (TPSA) is 89.9 Å². The lowest BCUT2D eigenvalue weighted by Gasteiger charge is -2.60. The second-order valence-corrected chi connectivity index (χ2v) is 11.1. The van der Waals surface area contributed by atoms with Gasteiger partial charge in [-0.3, -0.25) is 9.59 Å². The molecule has 4 rings (SSSR count). The summed E-state index contributed by atoms with van der Waals surface area (Å²) in [6.45, 7) is 6.00. The summed E-state index contributed by atoms with van der Waals surface area (Å²) in [6, 6.07) is 0. The van der Waals surface area contributed by atoms with Crippen LogP contribution in [0.3, 0.4) is 0 Å². The van der Waals surface area contributed by atoms with Crippen LogP contribution in [0.5, 0.6) is 0 Å². The van der Waals surface area contributed by atoms with Crippen LogP contribution in [0, 0.1) is 34.5 Å². The van der Waals surface area contributed by atoms with Gasteiger partial charge in [-0.1, -0.05) is 25.5 Å². The number of carbonyl (C=O) groups is 3. The van der Waals surface area contributed by atoms with Gasteiger partial charge in [0, 0.05) is 24.8 Å². The first-order valence-electron chi connectivity index (χ1n) is 12.5. The SMILES string of the molecule is CC(=O)O[C@H]1CC[C@H]2[C@@H]3[C@H](C/C=C/C(=O)OCCO)CC4=CC(=O)CC[C@]4(C)[C@H]3CC[C@]12C. The third-order valence-corrected chi connectivity index (χ3v) is 9.39. The Bertz CT molecular complexity index is 859. The van der Waals surface area contributed by atoms with E-state index < -0.39 is 5.97 Å². The number of carbonyl (C=O) groups excluding carboxylic acids is 3. The molecule has 0 unspecified atom stereocenters. The number of hydrogen-bond donors (Lipinski definition) is 1. The molecule has 0 aliphatic heterocycles. The molecule has 3 fully saturated rings. The summed E-state index contributed by atoms with van der Waals surface area (Å²) in [5, 5.41) is 8.85. The summed E-state index contributed by atoms with van der Waals surface area (Å²) >= 11 is 0. The van der Waals surface area contributed by atoms with Crippen molar-refractivity contribution in [2.24, 2.45) is 34.5 Å². The Hall–Kier alpha value is -1.95. The highest BCUT2D eigenvalue weighted by atomic mass is 16.5. The van der Waals surface area contributed by atoms with Gasteiger partial charge >= 0.3 is 11.9 Å². The molecule has 0 radical (unpaired) electrons. The molecule has 182 valence electrons. The molecule has 0 amide bonds. The largest absolute Gasteiger partial charge is 0.462 e. The molecule has 4 aliphatic rings. The van der Waals surface area contributed by atoms with E-state index >= 15 is 0 Å². The molecule has 6 nitrogen and oxygen atoms in total. The van der Waals surface area contributed by atoms with Crippen LogP contribution in [-0.4, -0.2) is 42.1 Å². The van der Waals surface area contributed by atoms with E-state index in [-0.39, 0.29) is 41.9 Å². The fourth-order valence-corrected chi connectivity index (χ4v) is 7.82. The van der Waals surface area contributed by atoms with Gasteiger partial charge in [-0.2, -0.15) is 0 Å². The van der Waals surface area contributed by atoms with Crippen molar-refractivity contribution in [3.05, 3.63) is 23.8 Å². The molecule has 3 saturated carbocycles. The number of ketones is 1. The van der Waals surface area contributed by atoms with Crippen LogP contribution in [0.25, 0.3) is 0 Å². The molecule has 0 heterocycles. The molecule has 0 aromatic carbocycles. The molecule has 0 spiro atoms. The number of fused-ring (bicyclic) bond motifs is 5. The van der Waals surface area contributed by atoms with Crippen LogP contribution in [0.2, 0.25) is 0 Å². The fraction of sp³-hybridized carbons (Fsp3) is 0.741. The molecule has 0 aromatic rings. The van der Waals surface area contributed by atoms with Crippen molar-refractivity contribution in [1.82, 2.24) is 0 Å². The van der Waals surface area contributed by atoms with Crippen molar-refractivity contribution < 1.29 is 29.0 Å². The molecule has 6 heteroatoms. The number of ether oxygens (including phenoxy) is 2. The number of esters is 2. The molecule has 0 aromatic heterocycles. The minimum Gasteiger partial charge on any atom is -0.462 e. The lowest BCUT2D eigenvalue weighted by molar-refractivity contribution is -0.158. The van der Waals surface area contributed by atoms with E-state index in [1.165, 1.54) is 18.6 Å². The van der Waals surface area contributed by atoms with Crippen molar-refractivity contribution in [3.63, 3.8) is 0 Å². The molecule has 0 saturated heterocycles. The normalized spacial score (nSPS) is 39.9. The number of allylic oxidation sites excluding steroid dienone is 2. The Labute approximate surface area is 196 Å². The van der Waals surface area contributed by atoms with E-state index in [1.54, 1.807) is 0 Å². The van der Waals surface area contributed by atoms with Gasteiger partial charge in [-0.05, 0) is 80.1 Å². The van der Waals surface area contributed by atoms with E-state index in [1.807, 2.05) is 12.2 Å². The summed E-state index contributed by atoms with van der Waals surface area (Å²) < 4.78 is 10.8. The molecule has 0 bridgehead atoms. The van der Waals surface area contributed by atoms with E-state index in [0.29, 0.717) is 30.1 Å². The summed E-state index contributed by atoms with van der Waals surface area (Å²) in [7, 11) is 0. The van der Waals surface area contributed by atoms with Gasteiger partial charge in [0.15, 0.2) is 5.78 Å². The lowest BCUT2D eigenvalue weighted by atomic mass is 9.44. The van der Waals surface area contributed by atoms with Crippen LogP contribution >= 0.6 is 0 Å². The van der Waals surface area contributed by atoms with Gasteiger partial charge in [-0.15, -0.1) is 0 Å². The molecular weight excluding hydrogens is 420 g/mol. The Morgan fingerprint density at radius 1 is 1.18 bits per heavy atom. The zero-order chi connectivity index (χ0) is 23.8. The maximum absolute atomic E-state index is 12.3. The van der Waals surface area contributed by atoms with Gasteiger partial charge in [0.25, 0.3) is 0 Å². The molecule has 4 aliphatic carbocycles. The predicted octanol–water partition coefficient (Wildman–Crippen LogP) is 4.16. The zero-order valence-electron chi connectivity index (χ0n) is 20.2. The zero-order valence-corrected chi connectivity index (χ0v) is 20.2. The number of aliphatic hydroxyl groups excluding tert-OH is 1. The average Bonchev–Trinajstić information content (AvgIpc) is 3.08. The van der Waals surface area contributed by atoms with E-state index in [2.05, 4.69) is 13.8 Å². The minimum absolute atomic E-state index is 0.00260. The van der Waals surface area contributed by atoms with Crippen LogP contribution in [0.15, 0.2) is 23.8 Å². The Balaban J connectivity index is 1.62. The smallest absolute Gasteiger partial charge is 0.330 e. The Morgan fingerprint density at radius 2 is 1.97 bits per heavy atom. The predicted molar refractivity (Wildman–Crippen MR) is 123 cm³/mol. The summed E-state index contributed by atoms with van der Waals surface area (Å²) in [5.74, 6) is 1.38. The molecule has 33 heavy (non-hydrogen) atoms. The molecule has 7 atom stereocenters. The van der Waals surface area contributed by atoms with Gasteiger partial charge in [-0.25, -0.2) is 4.79 Å². The molecule has 1 N–H and O–H groups in total. The Morgan fingerprint density at radius 3 is 2.70 bits per heavy atom. The lowest BCUT2D eigenvalue weighted by Crippen LogP contribution is -2.54. The highest BCUT2D eigenvalue weighted by molar-refractivity contribution is 5.91. The van der Waals surface area contributed by atoms with Crippen molar-refractivity contribution in [2.45, 2.75) is 78.2 Å². The minimum atomic E-state index is -0.433. The standard InChI is InChI=1S/C27H38O6/c1-17(29)33-23-8-7-21-25-18(5-4-6-24(31)32-14-13-28)15-19-16-20(30)9-11-26(19,2)22(25)10-12-27(21,23)3/h4,6,16,18,21-23,25,28H,5,7-15H2,1-3H3/b6-4+/t18-,21+,22+,23+,25+,26+,27+/m1/s1. The monoisotopic (exact) mass is 458 g/mol. The maximum atomic E-state index is 12.3. The quantitative estimate of drug-likeness (QED) is 0.475. The van der Waals surface area contributed by atoms with Crippen molar-refractivity contribution in [2.75, 3.05) is 13.2 Å². The summed E-state index contributed by atoms with van der Waals surface area (Å²) in [5.41, 5.74) is 1.33. The van der Waals surface area contributed by atoms with Crippen molar-refractivity contribution in [1.29, 1.82) is 0 Å². The summed E-state index contributed by atoms with van der Waals surface area (Å²) in [6.07, 6.45) is 12.5. The molecular formula is C27H38O6. The first-order valence-corrected chi connectivity index (χ1v) is 12.5. The average molecular weight is 459 g/mol. The highest BCUT2D eigenvalue weighted by Crippen LogP contribution is 2.67. The van der Waals surface area contributed by atoms with Crippen LogP contribution in [0.1, 0.15) is 72.1 Å². The second kappa shape index (κ2) is 9.36. The Kier molecular flexibility index (Phi) is 6.86. The van der Waals surface area contributed by atoms with Crippen LogP contribution in [0.4, 0.5) is 0 Å². The number of rotatable bonds is 6. The van der Waals surface area contributed by atoms with Gasteiger partial charge < -0.3 is 14.6 Å². The van der Waals surface area contributed by atoms with Crippen LogP contribution in [-0.2, 0) is 23.9 Å². The maximum Gasteiger partial charge on any atom is 0.330 e.